The summed E-state index contributed by atoms with van der Waals surface area (Å²) >= 11 is 3.37. The van der Waals surface area contributed by atoms with Crippen molar-refractivity contribution < 1.29 is 9.59 Å². The lowest BCUT2D eigenvalue weighted by Crippen LogP contribution is -2.42. The van der Waals surface area contributed by atoms with Crippen molar-refractivity contribution >= 4 is 27.7 Å². The summed E-state index contributed by atoms with van der Waals surface area (Å²) in [6.45, 7) is 1.26. The third kappa shape index (κ3) is 3.80. The van der Waals surface area contributed by atoms with Crippen LogP contribution < -0.4 is 5.73 Å². The third-order valence-electron chi connectivity index (χ3n) is 3.52. The van der Waals surface area contributed by atoms with Crippen molar-refractivity contribution in [1.82, 2.24) is 4.90 Å². The van der Waals surface area contributed by atoms with Crippen LogP contribution in [0.25, 0.3) is 0 Å². The number of benzene rings is 1. The molecule has 1 aliphatic rings. The zero-order chi connectivity index (χ0) is 13.8. The second-order valence-corrected chi connectivity index (χ2v) is 5.78. The predicted molar refractivity (Wildman–Crippen MR) is 76.3 cm³/mol. The van der Waals surface area contributed by atoms with Crippen LogP contribution in [-0.4, -0.2) is 29.8 Å². The Bertz CT molecular complexity index is 465. The van der Waals surface area contributed by atoms with E-state index in [2.05, 4.69) is 15.9 Å². The standard InChI is InChI=1S/C14H17BrN2O2/c15-12-3-1-10(2-4-12)9-13(18)17-7-5-11(6-8-17)14(16)19/h1-4,11H,5-9H2,(H2,16,19). The summed E-state index contributed by atoms with van der Waals surface area (Å²) in [5.41, 5.74) is 6.28. The zero-order valence-corrected chi connectivity index (χ0v) is 12.2. The number of amides is 2. The first-order valence-corrected chi connectivity index (χ1v) is 7.17. The molecule has 5 heteroatoms. The summed E-state index contributed by atoms with van der Waals surface area (Å²) in [7, 11) is 0. The molecule has 2 amide bonds. The summed E-state index contributed by atoms with van der Waals surface area (Å²) in [5, 5.41) is 0. The first kappa shape index (κ1) is 14.1. The molecule has 0 aliphatic carbocycles. The van der Waals surface area contributed by atoms with Crippen molar-refractivity contribution in [2.75, 3.05) is 13.1 Å². The van der Waals surface area contributed by atoms with E-state index in [1.54, 1.807) is 0 Å². The van der Waals surface area contributed by atoms with Gasteiger partial charge in [-0.25, -0.2) is 0 Å². The summed E-state index contributed by atoms with van der Waals surface area (Å²) in [5.74, 6) is -0.206. The van der Waals surface area contributed by atoms with Crippen LogP contribution in [0.15, 0.2) is 28.7 Å². The van der Waals surface area contributed by atoms with Gasteiger partial charge in [-0.1, -0.05) is 28.1 Å². The molecular weight excluding hydrogens is 308 g/mol. The summed E-state index contributed by atoms with van der Waals surface area (Å²) in [4.78, 5) is 25.0. The van der Waals surface area contributed by atoms with Gasteiger partial charge >= 0.3 is 0 Å². The van der Waals surface area contributed by atoms with Crippen LogP contribution in [-0.2, 0) is 16.0 Å². The van der Waals surface area contributed by atoms with E-state index in [0.29, 0.717) is 32.4 Å². The molecule has 1 aliphatic heterocycles. The highest BCUT2D eigenvalue weighted by Crippen LogP contribution is 2.18. The number of carbonyl (C=O) groups excluding carboxylic acids is 2. The largest absolute Gasteiger partial charge is 0.369 e. The fourth-order valence-corrected chi connectivity index (χ4v) is 2.57. The third-order valence-corrected chi connectivity index (χ3v) is 4.05. The molecule has 19 heavy (non-hydrogen) atoms. The number of nitrogens with zero attached hydrogens (tertiary/aromatic N) is 1. The highest BCUT2D eigenvalue weighted by Gasteiger charge is 2.25. The number of nitrogens with two attached hydrogens (primary N) is 1. The van der Waals surface area contributed by atoms with Crippen molar-refractivity contribution in [3.63, 3.8) is 0 Å². The van der Waals surface area contributed by atoms with Crippen LogP contribution in [0.3, 0.4) is 0 Å². The van der Waals surface area contributed by atoms with E-state index < -0.39 is 0 Å². The smallest absolute Gasteiger partial charge is 0.226 e. The zero-order valence-electron chi connectivity index (χ0n) is 10.6. The summed E-state index contributed by atoms with van der Waals surface area (Å²) < 4.78 is 1.01. The lowest BCUT2D eigenvalue weighted by molar-refractivity contribution is -0.134. The molecule has 1 heterocycles. The summed E-state index contributed by atoms with van der Waals surface area (Å²) in [6.07, 6.45) is 1.78. The van der Waals surface area contributed by atoms with E-state index in [4.69, 9.17) is 5.73 Å². The maximum atomic E-state index is 12.1. The van der Waals surface area contributed by atoms with Crippen LogP contribution in [0.1, 0.15) is 18.4 Å². The molecule has 0 bridgehead atoms. The van der Waals surface area contributed by atoms with Gasteiger partial charge in [0, 0.05) is 23.5 Å². The minimum Gasteiger partial charge on any atom is -0.369 e. The molecule has 1 aromatic carbocycles. The van der Waals surface area contributed by atoms with Gasteiger partial charge in [-0.2, -0.15) is 0 Å². The van der Waals surface area contributed by atoms with E-state index in [0.717, 1.165) is 10.0 Å². The van der Waals surface area contributed by atoms with Gasteiger partial charge < -0.3 is 10.6 Å². The second kappa shape index (κ2) is 6.19. The molecule has 1 saturated heterocycles. The van der Waals surface area contributed by atoms with Crippen molar-refractivity contribution in [3.8, 4) is 0 Å². The Morgan fingerprint density at radius 3 is 2.32 bits per heavy atom. The highest BCUT2D eigenvalue weighted by atomic mass is 79.9. The summed E-state index contributed by atoms with van der Waals surface area (Å²) in [6, 6.07) is 7.75. The molecule has 102 valence electrons. The van der Waals surface area contributed by atoms with E-state index in [1.165, 1.54) is 0 Å². The molecule has 1 fully saturated rings. The van der Waals surface area contributed by atoms with Gasteiger partial charge in [-0.05, 0) is 30.5 Å². The maximum absolute atomic E-state index is 12.1. The Kier molecular flexibility index (Phi) is 4.58. The fraction of sp³-hybridized carbons (Fsp3) is 0.429. The van der Waals surface area contributed by atoms with E-state index in [1.807, 2.05) is 29.2 Å². The number of carbonyl (C=O) groups is 2. The minimum atomic E-state index is -0.250. The Balaban J connectivity index is 1.88. The molecule has 1 aromatic rings. The van der Waals surface area contributed by atoms with Crippen LogP contribution in [0.4, 0.5) is 0 Å². The van der Waals surface area contributed by atoms with Crippen LogP contribution in [0.5, 0.6) is 0 Å². The topological polar surface area (TPSA) is 63.4 Å². The molecule has 2 N–H and O–H groups in total. The van der Waals surface area contributed by atoms with Gasteiger partial charge in [0.1, 0.15) is 0 Å². The van der Waals surface area contributed by atoms with Crippen molar-refractivity contribution in [1.29, 1.82) is 0 Å². The average Bonchev–Trinajstić information content (AvgIpc) is 2.41. The first-order chi connectivity index (χ1) is 9.06. The van der Waals surface area contributed by atoms with Gasteiger partial charge in [0.25, 0.3) is 0 Å². The Morgan fingerprint density at radius 1 is 1.21 bits per heavy atom. The lowest BCUT2D eigenvalue weighted by Gasteiger charge is -2.30. The minimum absolute atomic E-state index is 0.0725. The quantitative estimate of drug-likeness (QED) is 0.920. The second-order valence-electron chi connectivity index (χ2n) is 4.86. The monoisotopic (exact) mass is 324 g/mol. The highest BCUT2D eigenvalue weighted by molar-refractivity contribution is 9.10. The number of rotatable bonds is 3. The van der Waals surface area contributed by atoms with Crippen molar-refractivity contribution in [2.24, 2.45) is 11.7 Å². The van der Waals surface area contributed by atoms with E-state index in [9.17, 15) is 9.59 Å². The SMILES string of the molecule is NC(=O)C1CCN(C(=O)Cc2ccc(Br)cc2)CC1. The molecule has 0 saturated carbocycles. The number of primary amides is 1. The number of hydrogen-bond acceptors (Lipinski definition) is 2. The Morgan fingerprint density at radius 2 is 1.79 bits per heavy atom. The van der Waals surface area contributed by atoms with Crippen LogP contribution >= 0.6 is 15.9 Å². The van der Waals surface area contributed by atoms with Gasteiger partial charge in [0.15, 0.2) is 0 Å². The molecule has 0 radical (unpaired) electrons. The van der Waals surface area contributed by atoms with Crippen molar-refractivity contribution in [3.05, 3.63) is 34.3 Å². The van der Waals surface area contributed by atoms with Crippen LogP contribution in [0.2, 0.25) is 0 Å². The normalized spacial score (nSPS) is 16.4. The molecule has 2 rings (SSSR count). The first-order valence-electron chi connectivity index (χ1n) is 6.38. The molecule has 0 spiro atoms. The molecule has 4 nitrogen and oxygen atoms in total. The Labute approximate surface area is 121 Å². The van der Waals surface area contributed by atoms with E-state index >= 15 is 0 Å². The maximum Gasteiger partial charge on any atom is 0.226 e. The van der Waals surface area contributed by atoms with Crippen LogP contribution in [0, 0.1) is 5.92 Å². The molecule has 0 unspecified atom stereocenters. The average molecular weight is 325 g/mol. The van der Waals surface area contributed by atoms with Gasteiger partial charge in [-0.15, -0.1) is 0 Å². The molecular formula is C14H17BrN2O2. The van der Waals surface area contributed by atoms with Gasteiger partial charge in [0.2, 0.25) is 11.8 Å². The molecule has 0 aromatic heterocycles. The fourth-order valence-electron chi connectivity index (χ4n) is 2.30. The molecule has 0 atom stereocenters. The number of hydrogen-bond donors (Lipinski definition) is 1. The Hall–Kier alpha value is -1.36. The van der Waals surface area contributed by atoms with Gasteiger partial charge in [0.05, 0.1) is 6.42 Å². The number of likely N-dealkylation sites (tertiary alicyclic amines) is 1. The van der Waals surface area contributed by atoms with Gasteiger partial charge in [-0.3, -0.25) is 9.59 Å². The number of piperidine rings is 1. The number of halogens is 1. The predicted octanol–water partition coefficient (Wildman–Crippen LogP) is 1.72. The van der Waals surface area contributed by atoms with Crippen molar-refractivity contribution in [2.45, 2.75) is 19.3 Å². The lowest BCUT2D eigenvalue weighted by atomic mass is 9.96. The van der Waals surface area contributed by atoms with E-state index in [-0.39, 0.29) is 17.7 Å².